The normalized spacial score (nSPS) is 14.1. The first-order valence-corrected chi connectivity index (χ1v) is 11.8. The Morgan fingerprint density at radius 1 is 1.18 bits per heavy atom. The van der Waals surface area contributed by atoms with Crippen molar-refractivity contribution in [2.24, 2.45) is 0 Å². The van der Waals surface area contributed by atoms with Gasteiger partial charge in [-0.15, -0.1) is 6.42 Å². The predicted molar refractivity (Wildman–Crippen MR) is 134 cm³/mol. The smallest absolute Gasteiger partial charge is 0.0288 e. The van der Waals surface area contributed by atoms with Gasteiger partial charge < -0.3 is 0 Å². The minimum atomic E-state index is 0.877. The molecule has 0 heterocycles. The number of hydrogen-bond acceptors (Lipinski definition) is 1. The molecule has 0 radical (unpaired) electrons. The van der Waals surface area contributed by atoms with Gasteiger partial charge in [-0.05, 0) is 108 Å². The third-order valence-electron chi connectivity index (χ3n) is 5.33. The van der Waals surface area contributed by atoms with Crippen LogP contribution in [0.2, 0.25) is 0 Å². The first-order valence-electron chi connectivity index (χ1n) is 9.87. The van der Waals surface area contributed by atoms with E-state index in [0.29, 0.717) is 0 Å². The largest absolute Gasteiger partial charge is 0.115 e. The van der Waals surface area contributed by atoms with Crippen LogP contribution in [0.3, 0.4) is 0 Å². The molecule has 0 bridgehead atoms. The fourth-order valence-corrected chi connectivity index (χ4v) is 4.84. The van der Waals surface area contributed by atoms with Crippen molar-refractivity contribution in [2.75, 3.05) is 0 Å². The van der Waals surface area contributed by atoms with Crippen LogP contribution in [0.4, 0.5) is 0 Å². The SMILES string of the molecule is C#Cc1cc(I)c(C)cc1C/C(C)=C/SC(=C)c1ccc2c(c1)CCCCC2. The maximum atomic E-state index is 5.72. The summed E-state index contributed by atoms with van der Waals surface area (Å²) in [5.41, 5.74) is 9.11. The van der Waals surface area contributed by atoms with E-state index in [1.165, 1.54) is 69.1 Å². The summed E-state index contributed by atoms with van der Waals surface area (Å²) < 4.78 is 1.22. The average molecular weight is 498 g/mol. The Morgan fingerprint density at radius 3 is 2.68 bits per heavy atom. The van der Waals surface area contributed by atoms with Gasteiger partial charge in [-0.25, -0.2) is 0 Å². The van der Waals surface area contributed by atoms with Crippen molar-refractivity contribution >= 4 is 39.3 Å². The molecule has 0 fully saturated rings. The average Bonchev–Trinajstić information content (AvgIpc) is 2.93. The van der Waals surface area contributed by atoms with Gasteiger partial charge in [0, 0.05) is 14.0 Å². The van der Waals surface area contributed by atoms with E-state index in [1.807, 2.05) is 0 Å². The third kappa shape index (κ3) is 5.33. The summed E-state index contributed by atoms with van der Waals surface area (Å²) in [5, 5.41) is 2.22. The zero-order valence-electron chi connectivity index (χ0n) is 16.8. The van der Waals surface area contributed by atoms with Gasteiger partial charge in [0.15, 0.2) is 0 Å². The van der Waals surface area contributed by atoms with Gasteiger partial charge in [0.25, 0.3) is 0 Å². The summed E-state index contributed by atoms with van der Waals surface area (Å²) >= 11 is 4.07. The number of hydrogen-bond donors (Lipinski definition) is 0. The molecular formula is C26H27IS. The van der Waals surface area contributed by atoms with Crippen LogP contribution in [-0.2, 0) is 19.3 Å². The lowest BCUT2D eigenvalue weighted by Gasteiger charge is -2.11. The molecule has 0 atom stereocenters. The van der Waals surface area contributed by atoms with Gasteiger partial charge in [-0.2, -0.15) is 0 Å². The molecule has 0 spiro atoms. The molecule has 0 aromatic heterocycles. The van der Waals surface area contributed by atoms with Crippen LogP contribution in [0.15, 0.2) is 47.9 Å². The second-order valence-electron chi connectivity index (χ2n) is 7.63. The number of thioether (sulfide) groups is 1. The van der Waals surface area contributed by atoms with Gasteiger partial charge in [-0.1, -0.05) is 60.5 Å². The van der Waals surface area contributed by atoms with E-state index in [9.17, 15) is 0 Å². The Kier molecular flexibility index (Phi) is 7.48. The first-order chi connectivity index (χ1) is 13.5. The van der Waals surface area contributed by atoms with E-state index < -0.39 is 0 Å². The molecule has 0 amide bonds. The molecule has 0 aliphatic heterocycles. The van der Waals surface area contributed by atoms with Crippen LogP contribution in [0.1, 0.15) is 59.6 Å². The predicted octanol–water partition coefficient (Wildman–Crippen LogP) is 7.70. The van der Waals surface area contributed by atoms with Crippen LogP contribution < -0.4 is 0 Å². The van der Waals surface area contributed by atoms with Crippen LogP contribution in [0.25, 0.3) is 4.91 Å². The van der Waals surface area contributed by atoms with Crippen molar-refractivity contribution in [3.05, 3.63) is 84.8 Å². The summed E-state index contributed by atoms with van der Waals surface area (Å²) in [6, 6.07) is 11.2. The molecule has 0 unspecified atom stereocenters. The van der Waals surface area contributed by atoms with Crippen molar-refractivity contribution in [3.8, 4) is 12.3 Å². The highest BCUT2D eigenvalue weighted by molar-refractivity contribution is 14.1. The van der Waals surface area contributed by atoms with Gasteiger partial charge in [0.2, 0.25) is 0 Å². The minimum Gasteiger partial charge on any atom is -0.115 e. The molecule has 0 nitrogen and oxygen atoms in total. The lowest BCUT2D eigenvalue weighted by Crippen LogP contribution is -1.95. The van der Waals surface area contributed by atoms with Crippen LogP contribution >= 0.6 is 34.4 Å². The molecule has 1 aliphatic carbocycles. The number of benzene rings is 2. The number of halogens is 1. The zero-order valence-corrected chi connectivity index (χ0v) is 19.8. The Balaban J connectivity index is 1.70. The number of fused-ring (bicyclic) bond motifs is 1. The molecule has 144 valence electrons. The number of allylic oxidation sites excluding steroid dienone is 1. The maximum absolute atomic E-state index is 5.72. The van der Waals surface area contributed by atoms with Crippen molar-refractivity contribution in [3.63, 3.8) is 0 Å². The number of rotatable bonds is 5. The lowest BCUT2D eigenvalue weighted by molar-refractivity contribution is 0.711. The monoisotopic (exact) mass is 498 g/mol. The molecule has 2 heteroatoms. The highest BCUT2D eigenvalue weighted by Gasteiger charge is 2.10. The Morgan fingerprint density at radius 2 is 1.93 bits per heavy atom. The van der Waals surface area contributed by atoms with E-state index in [4.69, 9.17) is 6.42 Å². The summed E-state index contributed by atoms with van der Waals surface area (Å²) in [5.74, 6) is 2.84. The van der Waals surface area contributed by atoms with Crippen LogP contribution in [0.5, 0.6) is 0 Å². The highest BCUT2D eigenvalue weighted by Crippen LogP contribution is 2.31. The highest BCUT2D eigenvalue weighted by atomic mass is 127. The summed E-state index contributed by atoms with van der Waals surface area (Å²) in [4.78, 5) is 1.11. The Bertz CT molecular complexity index is 959. The van der Waals surface area contributed by atoms with Crippen LogP contribution in [-0.4, -0.2) is 0 Å². The number of terminal acetylenes is 1. The molecule has 0 N–H and O–H groups in total. The fraction of sp³-hybridized carbons (Fsp3) is 0.308. The van der Waals surface area contributed by atoms with E-state index in [0.717, 1.165) is 16.9 Å². The molecule has 0 saturated heterocycles. The Labute approximate surface area is 188 Å². The first kappa shape index (κ1) is 21.3. The van der Waals surface area contributed by atoms with Crippen LogP contribution in [0, 0.1) is 22.8 Å². The standard InChI is InChI=1S/C26H27IS/c1-5-21-16-26(27)19(3)14-25(21)13-18(2)17-28-20(4)23-12-11-22-9-7-6-8-10-24(22)15-23/h1,11-12,14-17H,4,6-10,13H2,2-3H3/b18-17+. The van der Waals surface area contributed by atoms with Gasteiger partial charge in [-0.3, -0.25) is 0 Å². The molecule has 0 saturated carbocycles. The summed E-state index contributed by atoms with van der Waals surface area (Å²) in [6.45, 7) is 8.63. The van der Waals surface area contributed by atoms with Gasteiger partial charge >= 0.3 is 0 Å². The summed E-state index contributed by atoms with van der Waals surface area (Å²) in [7, 11) is 0. The van der Waals surface area contributed by atoms with Crippen molar-refractivity contribution < 1.29 is 0 Å². The fourth-order valence-electron chi connectivity index (χ4n) is 3.69. The van der Waals surface area contributed by atoms with E-state index in [1.54, 1.807) is 11.8 Å². The molecular weight excluding hydrogens is 471 g/mol. The van der Waals surface area contributed by atoms with E-state index >= 15 is 0 Å². The molecule has 2 aromatic rings. The maximum Gasteiger partial charge on any atom is 0.0288 e. The van der Waals surface area contributed by atoms with Crippen molar-refractivity contribution in [2.45, 2.75) is 52.4 Å². The topological polar surface area (TPSA) is 0 Å². The molecule has 2 aromatic carbocycles. The summed E-state index contributed by atoms with van der Waals surface area (Å²) in [6.07, 6.45) is 13.0. The minimum absolute atomic E-state index is 0.877. The van der Waals surface area contributed by atoms with Crippen molar-refractivity contribution in [1.82, 2.24) is 0 Å². The van der Waals surface area contributed by atoms with Gasteiger partial charge in [0.05, 0.1) is 0 Å². The van der Waals surface area contributed by atoms with E-state index in [-0.39, 0.29) is 0 Å². The molecule has 1 aliphatic rings. The molecule has 3 rings (SSSR count). The molecule has 28 heavy (non-hydrogen) atoms. The lowest BCUT2D eigenvalue weighted by atomic mass is 9.99. The second kappa shape index (κ2) is 9.85. The third-order valence-corrected chi connectivity index (χ3v) is 7.53. The van der Waals surface area contributed by atoms with E-state index in [2.05, 4.69) is 84.7 Å². The number of aryl methyl sites for hydroxylation is 3. The second-order valence-corrected chi connectivity index (χ2v) is 9.76. The van der Waals surface area contributed by atoms with Crippen molar-refractivity contribution in [1.29, 1.82) is 0 Å². The quantitative estimate of drug-likeness (QED) is 0.231. The Hall–Kier alpha value is -1.44. The zero-order chi connectivity index (χ0) is 20.1. The van der Waals surface area contributed by atoms with Gasteiger partial charge in [0.1, 0.15) is 0 Å².